The molecule has 16 heteroatoms. The van der Waals surface area contributed by atoms with Gasteiger partial charge in [0.25, 0.3) is 10.1 Å². The Bertz CT molecular complexity index is 1260. The van der Waals surface area contributed by atoms with Gasteiger partial charge in [0, 0.05) is 11.8 Å². The minimum atomic E-state index is -5.31. The van der Waals surface area contributed by atoms with Gasteiger partial charge in [-0.05, 0) is 18.1 Å². The van der Waals surface area contributed by atoms with Crippen molar-refractivity contribution >= 4 is 51.6 Å². The first-order chi connectivity index (χ1) is 17.7. The van der Waals surface area contributed by atoms with Crippen LogP contribution in [0.2, 0.25) is 0 Å². The van der Waals surface area contributed by atoms with E-state index in [1.165, 1.54) is 6.07 Å². The van der Waals surface area contributed by atoms with Gasteiger partial charge in [-0.1, -0.05) is 36.2 Å². The van der Waals surface area contributed by atoms with Gasteiger partial charge in [-0.15, -0.1) is 0 Å². The zero-order chi connectivity index (χ0) is 28.2. The molecule has 198 valence electrons. The lowest BCUT2D eigenvalue weighted by Gasteiger charge is -2.31. The molecule has 38 heavy (non-hydrogen) atoms. The first-order valence-corrected chi connectivity index (χ1v) is 13.2. The number of esters is 3. The molecule has 1 aliphatic heterocycles. The molecular formula is C22H20B3F3O9S. The van der Waals surface area contributed by atoms with Gasteiger partial charge in [0.05, 0.1) is 29.1 Å². The Morgan fingerprint density at radius 3 is 2.37 bits per heavy atom. The molecule has 1 N–H and O–H groups in total. The summed E-state index contributed by atoms with van der Waals surface area (Å²) in [4.78, 5) is 38.7. The van der Waals surface area contributed by atoms with Crippen molar-refractivity contribution in [3.8, 4) is 0 Å². The third-order valence-corrected chi connectivity index (χ3v) is 8.05. The number of fused-ring (bicyclic) bond motifs is 1. The number of benzene rings is 1. The van der Waals surface area contributed by atoms with Gasteiger partial charge < -0.3 is 14.2 Å². The molecule has 0 aromatic heterocycles. The van der Waals surface area contributed by atoms with E-state index in [1.54, 1.807) is 6.07 Å². The molecule has 3 fully saturated rings. The van der Waals surface area contributed by atoms with Crippen molar-refractivity contribution in [2.75, 3.05) is 5.75 Å². The number of carbonyl (C=O) groups is 3. The summed E-state index contributed by atoms with van der Waals surface area (Å²) in [6, 6.07) is 3.15. The smallest absolute Gasteiger partial charge is 0.426 e. The predicted octanol–water partition coefficient (Wildman–Crippen LogP) is 0.387. The molecule has 6 radical (unpaired) electrons. The number of hydrogen-bond acceptors (Lipinski definition) is 8. The van der Waals surface area contributed by atoms with Crippen LogP contribution in [0.25, 0.3) is 0 Å². The van der Waals surface area contributed by atoms with Crippen LogP contribution in [0.4, 0.5) is 13.2 Å². The minimum absolute atomic E-state index is 0.0449. The second-order valence-corrected chi connectivity index (χ2v) is 11.0. The molecule has 3 aliphatic rings. The first kappa shape index (κ1) is 28.5. The van der Waals surface area contributed by atoms with E-state index in [0.29, 0.717) is 16.7 Å². The van der Waals surface area contributed by atoms with Crippen LogP contribution in [-0.2, 0) is 52.9 Å². The van der Waals surface area contributed by atoms with Crippen molar-refractivity contribution in [3.63, 3.8) is 0 Å². The molecule has 4 rings (SSSR count). The standard InChI is InChI=1S/C22H20B3F3O9S/c23-4-8-1-9(5-24)13(6-25)10(2-8)19(29)36-17-11-3-12-16(17)21(31)37-18(12)15(11)20(30)35-14(22(26,27)28)7-38(32,33)34/h1-2,11-12,14-18H,3-7H2,(H,32,33,34). The highest BCUT2D eigenvalue weighted by Gasteiger charge is 2.70. The summed E-state index contributed by atoms with van der Waals surface area (Å²) < 4.78 is 86.3. The molecule has 1 aromatic rings. The van der Waals surface area contributed by atoms with Crippen molar-refractivity contribution in [1.82, 2.24) is 0 Å². The summed E-state index contributed by atoms with van der Waals surface area (Å²) in [5.74, 6) is -9.02. The van der Waals surface area contributed by atoms with Crippen LogP contribution in [-0.4, -0.2) is 84.7 Å². The lowest BCUT2D eigenvalue weighted by molar-refractivity contribution is -0.220. The maximum atomic E-state index is 13.3. The highest BCUT2D eigenvalue weighted by Crippen LogP contribution is 2.59. The summed E-state index contributed by atoms with van der Waals surface area (Å²) in [5.41, 5.74) is 1.54. The lowest BCUT2D eigenvalue weighted by atomic mass is 9.79. The topological polar surface area (TPSA) is 133 Å². The largest absolute Gasteiger partial charge is 0.461 e. The molecule has 7 atom stereocenters. The Balaban J connectivity index is 1.61. The van der Waals surface area contributed by atoms with Gasteiger partial charge in [-0.3, -0.25) is 14.1 Å². The highest BCUT2D eigenvalue weighted by atomic mass is 32.2. The summed E-state index contributed by atoms with van der Waals surface area (Å²) in [7, 11) is 12.1. The van der Waals surface area contributed by atoms with Crippen molar-refractivity contribution < 1.29 is 54.7 Å². The Labute approximate surface area is 220 Å². The van der Waals surface area contributed by atoms with Crippen LogP contribution in [0.3, 0.4) is 0 Å². The SMILES string of the molecule is [B]Cc1cc(C[B])c(C[B])c(C(=O)OC2C3CC4C(OC(=O)C42)C3C(=O)OC(CS(=O)(=O)O)C(F)(F)F)c1. The van der Waals surface area contributed by atoms with E-state index in [2.05, 4.69) is 4.74 Å². The van der Waals surface area contributed by atoms with Crippen LogP contribution in [0.1, 0.15) is 33.5 Å². The van der Waals surface area contributed by atoms with Crippen LogP contribution < -0.4 is 0 Å². The second kappa shape index (κ2) is 10.3. The van der Waals surface area contributed by atoms with Crippen molar-refractivity contribution in [3.05, 3.63) is 34.4 Å². The maximum absolute atomic E-state index is 13.3. The Morgan fingerprint density at radius 1 is 1.13 bits per heavy atom. The average Bonchev–Trinajstić information content (AvgIpc) is 3.44. The third kappa shape index (κ3) is 5.21. The van der Waals surface area contributed by atoms with E-state index in [9.17, 15) is 36.0 Å². The number of halogens is 3. The van der Waals surface area contributed by atoms with Crippen LogP contribution >= 0.6 is 0 Å². The summed E-state index contributed by atoms with van der Waals surface area (Å²) in [5, 5.41) is 0. The molecule has 7 unspecified atom stereocenters. The number of ether oxygens (including phenoxy) is 3. The first-order valence-electron chi connectivity index (χ1n) is 11.6. The Kier molecular flexibility index (Phi) is 7.70. The van der Waals surface area contributed by atoms with Gasteiger partial charge in [0.15, 0.2) is 0 Å². The van der Waals surface area contributed by atoms with Crippen molar-refractivity contribution in [2.45, 2.75) is 49.9 Å². The van der Waals surface area contributed by atoms with E-state index >= 15 is 0 Å². The number of rotatable bonds is 9. The Morgan fingerprint density at radius 2 is 1.82 bits per heavy atom. The molecule has 2 bridgehead atoms. The van der Waals surface area contributed by atoms with Crippen LogP contribution in [0.5, 0.6) is 0 Å². The number of alkyl halides is 3. The molecule has 1 aromatic carbocycles. The van der Waals surface area contributed by atoms with Crippen molar-refractivity contribution in [1.29, 1.82) is 0 Å². The van der Waals surface area contributed by atoms with Gasteiger partial charge >= 0.3 is 24.1 Å². The van der Waals surface area contributed by atoms with Crippen LogP contribution in [0.15, 0.2) is 12.1 Å². The zero-order valence-electron chi connectivity index (χ0n) is 19.7. The number of hydrogen-bond donors (Lipinski definition) is 1. The summed E-state index contributed by atoms with van der Waals surface area (Å²) in [6.07, 6.45) is -10.7. The summed E-state index contributed by atoms with van der Waals surface area (Å²) in [6.45, 7) is 0. The summed E-state index contributed by atoms with van der Waals surface area (Å²) >= 11 is 0. The highest BCUT2D eigenvalue weighted by molar-refractivity contribution is 7.85. The monoisotopic (exact) mass is 550 g/mol. The van der Waals surface area contributed by atoms with E-state index in [-0.39, 0.29) is 30.9 Å². The molecule has 2 aliphatic carbocycles. The fourth-order valence-corrected chi connectivity index (χ4v) is 6.41. The third-order valence-electron chi connectivity index (χ3n) is 7.33. The van der Waals surface area contributed by atoms with E-state index in [4.69, 9.17) is 37.6 Å². The predicted molar refractivity (Wildman–Crippen MR) is 125 cm³/mol. The zero-order valence-corrected chi connectivity index (χ0v) is 20.5. The maximum Gasteiger partial charge on any atom is 0.426 e. The number of carbonyl (C=O) groups excluding carboxylic acids is 3. The van der Waals surface area contributed by atoms with E-state index < -0.39 is 81.9 Å². The fourth-order valence-electron chi connectivity index (χ4n) is 5.77. The molecular weight excluding hydrogens is 530 g/mol. The van der Waals surface area contributed by atoms with Gasteiger partial charge in [0.1, 0.15) is 29.8 Å². The molecule has 1 saturated heterocycles. The lowest BCUT2D eigenvalue weighted by Crippen LogP contribution is -2.47. The molecule has 9 nitrogen and oxygen atoms in total. The van der Waals surface area contributed by atoms with Gasteiger partial charge in [-0.25, -0.2) is 4.79 Å². The molecule has 0 spiro atoms. The second-order valence-electron chi connectivity index (χ2n) is 9.50. The van der Waals surface area contributed by atoms with Crippen molar-refractivity contribution in [2.24, 2.45) is 23.7 Å². The van der Waals surface area contributed by atoms with E-state index in [0.717, 1.165) is 0 Å². The van der Waals surface area contributed by atoms with Crippen LogP contribution in [0, 0.1) is 23.7 Å². The minimum Gasteiger partial charge on any atom is -0.461 e. The van der Waals surface area contributed by atoms with E-state index in [1.807, 2.05) is 0 Å². The quantitative estimate of drug-likeness (QED) is 0.201. The molecule has 0 amide bonds. The van der Waals surface area contributed by atoms with Gasteiger partial charge in [0.2, 0.25) is 6.10 Å². The van der Waals surface area contributed by atoms with Gasteiger partial charge in [-0.2, -0.15) is 21.6 Å². The normalized spacial score (nSPS) is 28.7. The average molecular weight is 550 g/mol. The molecule has 2 saturated carbocycles. The molecule has 1 heterocycles. The Hall–Kier alpha value is -2.48. The fraction of sp³-hybridized carbons (Fsp3) is 0.591.